The van der Waals surface area contributed by atoms with Crippen molar-refractivity contribution in [3.8, 4) is 6.07 Å². The van der Waals surface area contributed by atoms with E-state index in [1.807, 2.05) is 10.7 Å². The summed E-state index contributed by atoms with van der Waals surface area (Å²) >= 11 is 0. The molecule has 1 aromatic carbocycles. The predicted molar refractivity (Wildman–Crippen MR) is 126 cm³/mol. The van der Waals surface area contributed by atoms with Crippen molar-refractivity contribution in [2.45, 2.75) is 36.6 Å². The standard InChI is InChI=1S/C23H26N6O4S/c24-10-1-2-19(16-3-4-16)29-20-9-11-25-23(30)21(20)22(27-29)26-17-5-7-18(8-6-17)34(31,32)28-12-14-33-15-13-28/h5-9,11,16,19H,1-4,12-15H2,(H,25,30)(H,26,27)/t19-/m0/s1. The first-order valence-electron chi connectivity index (χ1n) is 11.4. The van der Waals surface area contributed by atoms with Gasteiger partial charge in [-0.15, -0.1) is 0 Å². The molecule has 0 unspecified atom stereocenters. The van der Waals surface area contributed by atoms with Crippen LogP contribution >= 0.6 is 0 Å². The Balaban J connectivity index is 1.45. The van der Waals surface area contributed by atoms with Gasteiger partial charge in [0.1, 0.15) is 5.39 Å². The second-order valence-corrected chi connectivity index (χ2v) is 10.6. The van der Waals surface area contributed by atoms with Gasteiger partial charge in [0.2, 0.25) is 10.0 Å². The number of hydrogen-bond donors (Lipinski definition) is 2. The lowest BCUT2D eigenvalue weighted by Gasteiger charge is -2.26. The van der Waals surface area contributed by atoms with Gasteiger partial charge >= 0.3 is 0 Å². The third kappa shape index (κ3) is 4.32. The fourth-order valence-electron chi connectivity index (χ4n) is 4.47. The van der Waals surface area contributed by atoms with E-state index in [0.717, 1.165) is 12.8 Å². The number of nitrogens with one attached hydrogen (secondary N) is 2. The molecule has 1 aliphatic heterocycles. The van der Waals surface area contributed by atoms with E-state index in [9.17, 15) is 13.2 Å². The summed E-state index contributed by atoms with van der Waals surface area (Å²) in [7, 11) is -3.59. The number of nitrogens with zero attached hydrogens (tertiary/aromatic N) is 4. The third-order valence-corrected chi connectivity index (χ3v) is 8.30. The van der Waals surface area contributed by atoms with Gasteiger partial charge in [-0.2, -0.15) is 14.7 Å². The summed E-state index contributed by atoms with van der Waals surface area (Å²) in [5.74, 6) is 0.858. The Labute approximate surface area is 197 Å². The topological polar surface area (TPSA) is 133 Å². The highest BCUT2D eigenvalue weighted by atomic mass is 32.2. The number of rotatable bonds is 8. The normalized spacial score (nSPS) is 18.0. The van der Waals surface area contributed by atoms with Crippen molar-refractivity contribution in [3.63, 3.8) is 0 Å². The molecule has 0 spiro atoms. The van der Waals surface area contributed by atoms with Crippen molar-refractivity contribution in [1.82, 2.24) is 19.1 Å². The lowest BCUT2D eigenvalue weighted by atomic mass is 10.1. The van der Waals surface area contributed by atoms with Gasteiger partial charge in [0.05, 0.1) is 35.7 Å². The zero-order valence-corrected chi connectivity index (χ0v) is 19.4. The molecule has 11 heteroatoms. The smallest absolute Gasteiger partial charge is 0.261 e. The molecule has 1 saturated carbocycles. The van der Waals surface area contributed by atoms with Crippen molar-refractivity contribution in [1.29, 1.82) is 5.26 Å². The van der Waals surface area contributed by atoms with Crippen LogP contribution in [0.2, 0.25) is 0 Å². The molecule has 0 amide bonds. The molecule has 2 N–H and O–H groups in total. The number of pyridine rings is 1. The molecule has 2 aromatic heterocycles. The van der Waals surface area contributed by atoms with E-state index in [-0.39, 0.29) is 16.5 Å². The van der Waals surface area contributed by atoms with Crippen molar-refractivity contribution < 1.29 is 13.2 Å². The van der Waals surface area contributed by atoms with E-state index in [1.165, 1.54) is 4.31 Å². The van der Waals surface area contributed by atoms with Gasteiger partial charge in [0.25, 0.3) is 5.56 Å². The largest absolute Gasteiger partial charge is 0.379 e. The summed E-state index contributed by atoms with van der Waals surface area (Å²) < 4.78 is 34.3. The second-order valence-electron chi connectivity index (χ2n) is 8.63. The van der Waals surface area contributed by atoms with Gasteiger partial charge in [0.15, 0.2) is 5.82 Å². The number of H-pyrrole nitrogens is 1. The van der Waals surface area contributed by atoms with Crippen LogP contribution in [0.1, 0.15) is 31.7 Å². The molecule has 0 radical (unpaired) electrons. The highest BCUT2D eigenvalue weighted by molar-refractivity contribution is 7.89. The van der Waals surface area contributed by atoms with Crippen LogP contribution in [0.5, 0.6) is 0 Å². The average Bonchev–Trinajstić information content (AvgIpc) is 3.63. The summed E-state index contributed by atoms with van der Waals surface area (Å²) in [4.78, 5) is 15.6. The fourth-order valence-corrected chi connectivity index (χ4v) is 5.88. The molecular weight excluding hydrogens is 456 g/mol. The molecule has 0 bridgehead atoms. The quantitative estimate of drug-likeness (QED) is 0.504. The van der Waals surface area contributed by atoms with Crippen LogP contribution in [0.25, 0.3) is 10.9 Å². The number of hydrogen-bond acceptors (Lipinski definition) is 7. The number of morpholine rings is 1. The number of nitriles is 1. The Hall–Kier alpha value is -3.20. The Bertz CT molecular complexity index is 1380. The molecule has 1 saturated heterocycles. The molecule has 1 aliphatic carbocycles. The summed E-state index contributed by atoms with van der Waals surface area (Å²) in [5, 5.41) is 17.5. The SMILES string of the molecule is N#CCC[C@@H](C1CC1)n1nc(Nc2ccc(S(=O)(=O)N3CCOCC3)cc2)c2c(=O)[nH]ccc21. The molecule has 178 valence electrons. The van der Waals surface area contributed by atoms with Gasteiger partial charge in [-0.1, -0.05) is 0 Å². The monoisotopic (exact) mass is 482 g/mol. The van der Waals surface area contributed by atoms with E-state index in [4.69, 9.17) is 15.1 Å². The van der Waals surface area contributed by atoms with Gasteiger partial charge in [0, 0.05) is 31.4 Å². The first-order chi connectivity index (χ1) is 16.5. The number of sulfonamides is 1. The fraction of sp³-hybridized carbons (Fsp3) is 0.435. The van der Waals surface area contributed by atoms with E-state index in [1.54, 1.807) is 30.5 Å². The van der Waals surface area contributed by atoms with E-state index >= 15 is 0 Å². The Morgan fingerprint density at radius 1 is 1.21 bits per heavy atom. The minimum absolute atomic E-state index is 0.0561. The Kier molecular flexibility index (Phi) is 6.12. The number of ether oxygens (including phenoxy) is 1. The molecule has 34 heavy (non-hydrogen) atoms. The van der Waals surface area contributed by atoms with Crippen LogP contribution in [0.3, 0.4) is 0 Å². The van der Waals surface area contributed by atoms with Gasteiger partial charge < -0.3 is 15.0 Å². The van der Waals surface area contributed by atoms with Crippen molar-refractivity contribution in [2.75, 3.05) is 31.6 Å². The summed E-state index contributed by atoms with van der Waals surface area (Å²) in [6.45, 7) is 1.45. The predicted octanol–water partition coefficient (Wildman–Crippen LogP) is 2.74. The van der Waals surface area contributed by atoms with Crippen LogP contribution in [-0.2, 0) is 14.8 Å². The van der Waals surface area contributed by atoms with Crippen LogP contribution < -0.4 is 10.9 Å². The van der Waals surface area contributed by atoms with E-state index in [0.29, 0.717) is 67.5 Å². The minimum Gasteiger partial charge on any atom is -0.379 e. The lowest BCUT2D eigenvalue weighted by molar-refractivity contribution is 0.0730. The van der Waals surface area contributed by atoms with Crippen molar-refractivity contribution >= 4 is 32.4 Å². The maximum Gasteiger partial charge on any atom is 0.261 e. The van der Waals surface area contributed by atoms with Gasteiger partial charge in [-0.25, -0.2) is 8.42 Å². The van der Waals surface area contributed by atoms with Crippen LogP contribution in [0.15, 0.2) is 46.2 Å². The average molecular weight is 483 g/mol. The molecule has 2 aliphatic rings. The zero-order chi connectivity index (χ0) is 23.7. The first kappa shape index (κ1) is 22.6. The minimum atomic E-state index is -3.59. The number of aromatic nitrogens is 3. The maximum atomic E-state index is 12.9. The Morgan fingerprint density at radius 2 is 1.94 bits per heavy atom. The van der Waals surface area contributed by atoms with Crippen LogP contribution in [0, 0.1) is 17.2 Å². The Morgan fingerprint density at radius 3 is 2.62 bits per heavy atom. The summed E-state index contributed by atoms with van der Waals surface area (Å²) in [6, 6.07) is 10.5. The second kappa shape index (κ2) is 9.21. The van der Waals surface area contributed by atoms with Crippen molar-refractivity contribution in [3.05, 3.63) is 46.9 Å². The van der Waals surface area contributed by atoms with Crippen LogP contribution in [0.4, 0.5) is 11.5 Å². The van der Waals surface area contributed by atoms with Crippen LogP contribution in [-0.4, -0.2) is 53.8 Å². The number of aromatic amines is 1. The highest BCUT2D eigenvalue weighted by Crippen LogP contribution is 2.43. The lowest BCUT2D eigenvalue weighted by Crippen LogP contribution is -2.40. The molecule has 10 nitrogen and oxygen atoms in total. The molecule has 3 heterocycles. The van der Waals surface area contributed by atoms with E-state index < -0.39 is 10.0 Å². The third-order valence-electron chi connectivity index (χ3n) is 6.39. The summed E-state index contributed by atoms with van der Waals surface area (Å²) in [5.41, 5.74) is 1.08. The van der Waals surface area contributed by atoms with E-state index in [2.05, 4.69) is 16.4 Å². The first-order valence-corrected chi connectivity index (χ1v) is 12.8. The molecule has 2 fully saturated rings. The van der Waals surface area contributed by atoms with Gasteiger partial charge in [-0.05, 0) is 55.5 Å². The number of fused-ring (bicyclic) bond motifs is 1. The number of benzene rings is 1. The molecule has 3 aromatic rings. The van der Waals surface area contributed by atoms with Gasteiger partial charge in [-0.3, -0.25) is 9.48 Å². The summed E-state index contributed by atoms with van der Waals surface area (Å²) in [6.07, 6.45) is 4.88. The zero-order valence-electron chi connectivity index (χ0n) is 18.6. The van der Waals surface area contributed by atoms with Crippen molar-refractivity contribution in [2.24, 2.45) is 5.92 Å². The number of anilines is 2. The maximum absolute atomic E-state index is 12.9. The highest BCUT2D eigenvalue weighted by Gasteiger charge is 2.34. The molecule has 1 atom stereocenters. The molecule has 5 rings (SSSR count). The molecular formula is C23H26N6O4S.